The van der Waals surface area contributed by atoms with E-state index < -0.39 is 12.2 Å². The van der Waals surface area contributed by atoms with Gasteiger partial charge in [-0.15, -0.1) is 0 Å². The van der Waals surface area contributed by atoms with Crippen LogP contribution in [0.2, 0.25) is 0 Å². The van der Waals surface area contributed by atoms with Gasteiger partial charge < -0.3 is 9.84 Å². The average molecular weight is 581 g/mol. The fourth-order valence-corrected chi connectivity index (χ4v) is 5.35. The summed E-state index contributed by atoms with van der Waals surface area (Å²) in [6, 6.07) is 28.2. The maximum absolute atomic E-state index is 12.3. The highest BCUT2D eigenvalue weighted by Gasteiger charge is 2.36. The van der Waals surface area contributed by atoms with E-state index in [1.165, 1.54) is 42.7 Å². The van der Waals surface area contributed by atoms with Gasteiger partial charge in [-0.1, -0.05) is 127 Å². The van der Waals surface area contributed by atoms with Crippen molar-refractivity contribution < 1.29 is 19.5 Å². The zero-order valence-corrected chi connectivity index (χ0v) is 23.5. The number of nitrogens with zero attached hydrogens (tertiary/aromatic N) is 1. The summed E-state index contributed by atoms with van der Waals surface area (Å²) in [5.74, 6) is 0. The monoisotopic (exact) mass is 579 g/mol. The number of hydroxylamine groups is 2. The predicted octanol–water partition coefficient (Wildman–Crippen LogP) is 7.73. The number of ether oxygens (including phenoxy) is 1. The van der Waals surface area contributed by atoms with Crippen molar-refractivity contribution in [2.75, 3.05) is 13.2 Å². The van der Waals surface area contributed by atoms with E-state index in [1.54, 1.807) is 0 Å². The standard InChI is InChI=1S/C32H38BrNO4/c33-29(23-38-34-30(24-37-32(34)36)27-20-11-6-12-21-27)31(35)28-22-14-13-19-26(28)18-10-4-2-1-3-7-15-25-16-8-5-9-17-25/h5-6,8-9,11-14,16-17,19-22,29-31,35H,1-4,7,10,15,18,23-24H2/t29-,30+,31+/m0/s1. The largest absolute Gasteiger partial charge is 0.445 e. The van der Waals surface area contributed by atoms with Crippen molar-refractivity contribution in [3.05, 3.63) is 107 Å². The van der Waals surface area contributed by atoms with Crippen LogP contribution in [0.25, 0.3) is 0 Å². The first-order valence-corrected chi connectivity index (χ1v) is 14.6. The molecule has 3 aromatic carbocycles. The van der Waals surface area contributed by atoms with Crippen LogP contribution in [0.1, 0.15) is 72.9 Å². The Morgan fingerprint density at radius 3 is 2.18 bits per heavy atom. The van der Waals surface area contributed by atoms with Crippen LogP contribution < -0.4 is 0 Å². The summed E-state index contributed by atoms with van der Waals surface area (Å²) < 4.78 is 5.22. The highest BCUT2D eigenvalue weighted by atomic mass is 79.9. The lowest BCUT2D eigenvalue weighted by molar-refractivity contribution is -0.136. The molecule has 0 saturated carbocycles. The lowest BCUT2D eigenvalue weighted by atomic mass is 9.96. The lowest BCUT2D eigenvalue weighted by Crippen LogP contribution is -2.32. The van der Waals surface area contributed by atoms with Crippen molar-refractivity contribution in [3.8, 4) is 0 Å². The first kappa shape index (κ1) is 28.3. The van der Waals surface area contributed by atoms with Crippen LogP contribution in [0.3, 0.4) is 0 Å². The zero-order valence-electron chi connectivity index (χ0n) is 21.9. The molecule has 202 valence electrons. The third kappa shape index (κ3) is 8.16. The molecule has 0 aliphatic carbocycles. The molecule has 0 radical (unpaired) electrons. The Bertz CT molecular complexity index is 1110. The van der Waals surface area contributed by atoms with Gasteiger partial charge in [-0.05, 0) is 47.9 Å². The molecule has 6 heteroatoms. The van der Waals surface area contributed by atoms with E-state index in [4.69, 9.17) is 9.57 Å². The first-order valence-electron chi connectivity index (χ1n) is 13.7. The predicted molar refractivity (Wildman–Crippen MR) is 154 cm³/mol. The molecule has 3 atom stereocenters. The maximum Gasteiger partial charge on any atom is 0.434 e. The van der Waals surface area contributed by atoms with Crippen molar-refractivity contribution in [3.63, 3.8) is 0 Å². The van der Waals surface area contributed by atoms with Gasteiger partial charge in [0.15, 0.2) is 0 Å². The first-order chi connectivity index (χ1) is 18.6. The van der Waals surface area contributed by atoms with E-state index in [9.17, 15) is 9.90 Å². The number of aryl methyl sites for hydroxylation is 2. The van der Waals surface area contributed by atoms with Gasteiger partial charge in [0.2, 0.25) is 0 Å². The van der Waals surface area contributed by atoms with Gasteiger partial charge in [-0.25, -0.2) is 4.79 Å². The molecule has 4 rings (SSSR count). The van der Waals surface area contributed by atoms with Crippen LogP contribution in [-0.4, -0.2) is 34.3 Å². The van der Waals surface area contributed by atoms with Crippen molar-refractivity contribution in [1.29, 1.82) is 0 Å². The van der Waals surface area contributed by atoms with Gasteiger partial charge in [-0.2, -0.15) is 5.06 Å². The number of aliphatic hydroxyl groups excluding tert-OH is 1. The zero-order chi connectivity index (χ0) is 26.6. The molecule has 1 amide bonds. The van der Waals surface area contributed by atoms with Gasteiger partial charge in [0.1, 0.15) is 12.6 Å². The molecule has 5 nitrogen and oxygen atoms in total. The molecule has 1 aliphatic rings. The number of hydrogen-bond donors (Lipinski definition) is 1. The number of alkyl halides is 1. The Kier molecular flexibility index (Phi) is 11.2. The number of carbonyl (C=O) groups is 1. The normalized spacial score (nSPS) is 16.8. The summed E-state index contributed by atoms with van der Waals surface area (Å²) in [6.07, 6.45) is 8.15. The maximum atomic E-state index is 12.3. The molecule has 1 N–H and O–H groups in total. The summed E-state index contributed by atoms with van der Waals surface area (Å²) in [4.78, 5) is 17.7. The summed E-state index contributed by atoms with van der Waals surface area (Å²) in [5, 5.41) is 12.4. The van der Waals surface area contributed by atoms with E-state index in [0.717, 1.165) is 36.0 Å². The summed E-state index contributed by atoms with van der Waals surface area (Å²) in [6.45, 7) is 0.380. The Balaban J connectivity index is 1.20. The molecule has 3 aromatic rings. The highest BCUT2D eigenvalue weighted by Crippen LogP contribution is 2.31. The van der Waals surface area contributed by atoms with E-state index in [1.807, 2.05) is 48.5 Å². The Hall–Kier alpha value is -2.67. The Labute approximate surface area is 234 Å². The topological polar surface area (TPSA) is 59.0 Å². The van der Waals surface area contributed by atoms with Crippen molar-refractivity contribution in [2.24, 2.45) is 0 Å². The van der Waals surface area contributed by atoms with E-state index >= 15 is 0 Å². The van der Waals surface area contributed by atoms with Gasteiger partial charge >= 0.3 is 6.09 Å². The molecule has 0 unspecified atom stereocenters. The number of aliphatic hydroxyl groups is 1. The van der Waals surface area contributed by atoms with Crippen LogP contribution in [0.4, 0.5) is 4.79 Å². The molecule has 38 heavy (non-hydrogen) atoms. The number of halogens is 1. The number of hydrogen-bond acceptors (Lipinski definition) is 4. The smallest absolute Gasteiger partial charge is 0.434 e. The van der Waals surface area contributed by atoms with Crippen molar-refractivity contribution >= 4 is 22.0 Å². The average Bonchev–Trinajstić information content (AvgIpc) is 3.34. The molecule has 0 spiro atoms. The summed E-state index contributed by atoms with van der Waals surface area (Å²) in [5.41, 5.74) is 4.45. The van der Waals surface area contributed by atoms with Crippen LogP contribution in [0, 0.1) is 0 Å². The summed E-state index contributed by atoms with van der Waals surface area (Å²) in [7, 11) is 0. The van der Waals surface area contributed by atoms with Crippen LogP contribution in [-0.2, 0) is 22.4 Å². The van der Waals surface area contributed by atoms with E-state index in [-0.39, 0.29) is 24.1 Å². The quantitative estimate of drug-likeness (QED) is 0.148. The molecular formula is C32H38BrNO4. The SMILES string of the molecule is O=C1OC[C@H](c2ccccc2)N1OC[C@H](Br)[C@H](O)c1ccccc1CCCCCCCCc1ccccc1. The fourth-order valence-electron chi connectivity index (χ4n) is 4.94. The number of rotatable bonds is 15. The van der Waals surface area contributed by atoms with Crippen molar-refractivity contribution in [2.45, 2.75) is 68.3 Å². The van der Waals surface area contributed by atoms with E-state index in [2.05, 4.69) is 52.3 Å². The van der Waals surface area contributed by atoms with Crippen LogP contribution in [0.5, 0.6) is 0 Å². The van der Waals surface area contributed by atoms with Crippen LogP contribution >= 0.6 is 15.9 Å². The molecule has 1 heterocycles. The Morgan fingerprint density at radius 1 is 0.842 bits per heavy atom. The number of carbonyl (C=O) groups excluding carboxylic acids is 1. The molecule has 1 fully saturated rings. The second-order valence-electron chi connectivity index (χ2n) is 9.89. The van der Waals surface area contributed by atoms with Gasteiger partial charge in [-0.3, -0.25) is 4.84 Å². The van der Waals surface area contributed by atoms with Gasteiger partial charge in [0, 0.05) is 0 Å². The Morgan fingerprint density at radius 2 is 1.45 bits per heavy atom. The minimum atomic E-state index is -0.752. The van der Waals surface area contributed by atoms with Gasteiger partial charge in [0.25, 0.3) is 0 Å². The third-order valence-electron chi connectivity index (χ3n) is 7.11. The lowest BCUT2D eigenvalue weighted by Gasteiger charge is -2.25. The number of cyclic esters (lactones) is 1. The van der Waals surface area contributed by atoms with Gasteiger partial charge in [0.05, 0.1) is 17.5 Å². The number of amides is 1. The number of unbranched alkanes of at least 4 members (excludes halogenated alkanes) is 5. The molecule has 1 aliphatic heterocycles. The van der Waals surface area contributed by atoms with Crippen LogP contribution in [0.15, 0.2) is 84.9 Å². The minimum Gasteiger partial charge on any atom is -0.445 e. The second kappa shape index (κ2) is 15.1. The van der Waals surface area contributed by atoms with Crippen molar-refractivity contribution in [1.82, 2.24) is 5.06 Å². The number of benzene rings is 3. The molecule has 0 bridgehead atoms. The fraction of sp³-hybridized carbons (Fsp3) is 0.406. The molecule has 1 saturated heterocycles. The molecular weight excluding hydrogens is 542 g/mol. The second-order valence-corrected chi connectivity index (χ2v) is 11.1. The highest BCUT2D eigenvalue weighted by molar-refractivity contribution is 9.09. The van der Waals surface area contributed by atoms with E-state index in [0.29, 0.717) is 0 Å². The third-order valence-corrected chi connectivity index (χ3v) is 7.87. The minimum absolute atomic E-state index is 0.136. The molecule has 0 aromatic heterocycles. The summed E-state index contributed by atoms with van der Waals surface area (Å²) >= 11 is 3.60.